The molecule has 1 fully saturated rings. The molecule has 0 unspecified atom stereocenters. The summed E-state index contributed by atoms with van der Waals surface area (Å²) in [6.07, 6.45) is 2.17. The van der Waals surface area contributed by atoms with Crippen molar-refractivity contribution in [1.82, 2.24) is 10.2 Å². The number of rotatable bonds is 4. The molecule has 4 heteroatoms. The zero-order valence-electron chi connectivity index (χ0n) is 13.3. The lowest BCUT2D eigenvalue weighted by Gasteiger charge is -2.38. The van der Waals surface area contributed by atoms with Gasteiger partial charge in [0.15, 0.2) is 0 Å². The zero-order chi connectivity index (χ0) is 15.5. The maximum absolute atomic E-state index is 11.6. The van der Waals surface area contributed by atoms with Crippen molar-refractivity contribution in [1.29, 1.82) is 0 Å². The van der Waals surface area contributed by atoms with Gasteiger partial charge in [0.2, 0.25) is 5.91 Å². The SMILES string of the molecule is CC[C@@H]1CN(C(C)=O)CC[C@H]1NCc1csc2ccccc12. The Bertz CT molecular complexity index is 651. The molecule has 118 valence electrons. The van der Waals surface area contributed by atoms with Gasteiger partial charge in [0, 0.05) is 37.3 Å². The van der Waals surface area contributed by atoms with Crippen LogP contribution in [0, 0.1) is 5.92 Å². The zero-order valence-corrected chi connectivity index (χ0v) is 14.2. The van der Waals surface area contributed by atoms with Gasteiger partial charge in [0.05, 0.1) is 0 Å². The van der Waals surface area contributed by atoms with E-state index in [0.29, 0.717) is 12.0 Å². The van der Waals surface area contributed by atoms with Gasteiger partial charge in [0.25, 0.3) is 0 Å². The lowest BCUT2D eigenvalue weighted by molar-refractivity contribution is -0.131. The first-order valence-corrected chi connectivity index (χ1v) is 9.01. The maximum Gasteiger partial charge on any atom is 0.219 e. The molecule has 1 amide bonds. The van der Waals surface area contributed by atoms with Crippen molar-refractivity contribution in [3.63, 3.8) is 0 Å². The van der Waals surface area contributed by atoms with Gasteiger partial charge in [-0.3, -0.25) is 4.79 Å². The fourth-order valence-electron chi connectivity index (χ4n) is 3.41. The molecule has 1 aliphatic heterocycles. The van der Waals surface area contributed by atoms with E-state index in [4.69, 9.17) is 0 Å². The van der Waals surface area contributed by atoms with Gasteiger partial charge >= 0.3 is 0 Å². The fraction of sp³-hybridized carbons (Fsp3) is 0.500. The highest BCUT2D eigenvalue weighted by Gasteiger charge is 2.28. The lowest BCUT2D eigenvalue weighted by Crippen LogP contribution is -2.50. The molecular weight excluding hydrogens is 292 g/mol. The minimum atomic E-state index is 0.209. The lowest BCUT2D eigenvalue weighted by atomic mass is 9.89. The van der Waals surface area contributed by atoms with Crippen LogP contribution in [0.5, 0.6) is 0 Å². The van der Waals surface area contributed by atoms with Gasteiger partial charge in [-0.15, -0.1) is 11.3 Å². The number of piperidine rings is 1. The average molecular weight is 316 g/mol. The molecule has 3 rings (SSSR count). The van der Waals surface area contributed by atoms with Crippen molar-refractivity contribution < 1.29 is 4.79 Å². The molecule has 3 nitrogen and oxygen atoms in total. The molecule has 0 aliphatic carbocycles. The highest BCUT2D eigenvalue weighted by molar-refractivity contribution is 7.17. The molecular formula is C18H24N2OS. The molecule has 0 saturated carbocycles. The summed E-state index contributed by atoms with van der Waals surface area (Å²) < 4.78 is 1.36. The van der Waals surface area contributed by atoms with Crippen molar-refractivity contribution in [2.75, 3.05) is 13.1 Å². The van der Waals surface area contributed by atoms with E-state index in [1.807, 2.05) is 16.2 Å². The summed E-state index contributed by atoms with van der Waals surface area (Å²) in [6.45, 7) is 6.61. The highest BCUT2D eigenvalue weighted by Crippen LogP contribution is 2.26. The molecule has 1 aromatic carbocycles. The molecule has 1 N–H and O–H groups in total. The molecule has 0 radical (unpaired) electrons. The number of fused-ring (bicyclic) bond motifs is 1. The van der Waals surface area contributed by atoms with Crippen molar-refractivity contribution in [3.05, 3.63) is 35.2 Å². The van der Waals surface area contributed by atoms with Crippen LogP contribution in [0.2, 0.25) is 0 Å². The first-order valence-electron chi connectivity index (χ1n) is 8.13. The van der Waals surface area contributed by atoms with Crippen molar-refractivity contribution in [3.8, 4) is 0 Å². The van der Waals surface area contributed by atoms with Crippen molar-refractivity contribution in [2.24, 2.45) is 5.92 Å². The number of carbonyl (C=O) groups excluding carboxylic acids is 1. The quantitative estimate of drug-likeness (QED) is 0.934. The molecule has 2 aromatic rings. The summed E-state index contributed by atoms with van der Waals surface area (Å²) in [7, 11) is 0. The predicted molar refractivity (Wildman–Crippen MR) is 93.1 cm³/mol. The number of carbonyl (C=O) groups is 1. The molecule has 1 aromatic heterocycles. The van der Waals surface area contributed by atoms with Gasteiger partial charge in [0.1, 0.15) is 0 Å². The van der Waals surface area contributed by atoms with Crippen molar-refractivity contribution >= 4 is 27.3 Å². The van der Waals surface area contributed by atoms with Crippen LogP contribution in [0.1, 0.15) is 32.3 Å². The second kappa shape index (κ2) is 6.80. The first kappa shape index (κ1) is 15.5. The third kappa shape index (κ3) is 3.18. The number of benzene rings is 1. The summed E-state index contributed by atoms with van der Waals surface area (Å²) in [5.74, 6) is 0.767. The largest absolute Gasteiger partial charge is 0.343 e. The monoisotopic (exact) mass is 316 g/mol. The van der Waals surface area contributed by atoms with Crippen LogP contribution in [-0.4, -0.2) is 29.9 Å². The van der Waals surface area contributed by atoms with E-state index < -0.39 is 0 Å². The summed E-state index contributed by atoms with van der Waals surface area (Å²) in [5, 5.41) is 7.38. The van der Waals surface area contributed by atoms with E-state index in [-0.39, 0.29) is 5.91 Å². The van der Waals surface area contributed by atoms with Crippen LogP contribution >= 0.6 is 11.3 Å². The Morgan fingerprint density at radius 2 is 2.23 bits per heavy atom. The molecule has 1 saturated heterocycles. The van der Waals surface area contributed by atoms with E-state index in [0.717, 1.165) is 32.5 Å². The Kier molecular flexibility index (Phi) is 4.79. The van der Waals surface area contributed by atoms with Crippen LogP contribution < -0.4 is 5.32 Å². The predicted octanol–water partition coefficient (Wildman–Crippen LogP) is 3.64. The Balaban J connectivity index is 1.64. The number of likely N-dealkylation sites (tertiary alicyclic amines) is 1. The van der Waals surface area contributed by atoms with Crippen LogP contribution in [-0.2, 0) is 11.3 Å². The maximum atomic E-state index is 11.6. The molecule has 22 heavy (non-hydrogen) atoms. The standard InChI is InChI=1S/C18H24N2OS/c1-3-14-11-20(13(2)21)9-8-17(14)19-10-15-12-22-18-7-5-4-6-16(15)18/h4-7,12,14,17,19H,3,8-11H2,1-2H3/t14-,17-/m1/s1. The molecule has 1 aliphatic rings. The van der Waals surface area contributed by atoms with Gasteiger partial charge in [-0.25, -0.2) is 0 Å². The normalized spacial score (nSPS) is 22.2. The average Bonchev–Trinajstić information content (AvgIpc) is 2.96. The van der Waals surface area contributed by atoms with E-state index >= 15 is 0 Å². The Morgan fingerprint density at radius 3 is 3.00 bits per heavy atom. The Labute approximate surface area is 136 Å². The van der Waals surface area contributed by atoms with Gasteiger partial charge < -0.3 is 10.2 Å². The summed E-state index contributed by atoms with van der Waals surface area (Å²) >= 11 is 1.82. The fourth-order valence-corrected chi connectivity index (χ4v) is 4.37. The molecule has 0 spiro atoms. The molecule has 2 heterocycles. The Hall–Kier alpha value is -1.39. The van der Waals surface area contributed by atoms with Crippen molar-refractivity contribution in [2.45, 2.75) is 39.3 Å². The second-order valence-electron chi connectivity index (χ2n) is 6.17. The van der Waals surface area contributed by atoms with Crippen LogP contribution in [0.15, 0.2) is 29.6 Å². The second-order valence-corrected chi connectivity index (χ2v) is 7.08. The number of thiophene rings is 1. The van der Waals surface area contributed by atoms with Gasteiger partial charge in [-0.2, -0.15) is 0 Å². The summed E-state index contributed by atoms with van der Waals surface area (Å²) in [6, 6.07) is 9.11. The minimum Gasteiger partial charge on any atom is -0.343 e. The van der Waals surface area contributed by atoms with E-state index in [1.54, 1.807) is 6.92 Å². The van der Waals surface area contributed by atoms with E-state index in [1.165, 1.54) is 15.6 Å². The smallest absolute Gasteiger partial charge is 0.219 e. The molecule has 2 atom stereocenters. The molecule has 0 bridgehead atoms. The number of nitrogens with zero attached hydrogens (tertiary/aromatic N) is 1. The summed E-state index contributed by atoms with van der Waals surface area (Å²) in [4.78, 5) is 13.6. The van der Waals surface area contributed by atoms with Crippen LogP contribution in [0.25, 0.3) is 10.1 Å². The highest BCUT2D eigenvalue weighted by atomic mass is 32.1. The third-order valence-electron chi connectivity index (χ3n) is 4.82. The number of hydrogen-bond acceptors (Lipinski definition) is 3. The number of hydrogen-bond donors (Lipinski definition) is 1. The van der Waals surface area contributed by atoms with Crippen LogP contribution in [0.4, 0.5) is 0 Å². The van der Waals surface area contributed by atoms with Gasteiger partial charge in [-0.05, 0) is 34.7 Å². The van der Waals surface area contributed by atoms with E-state index in [9.17, 15) is 4.79 Å². The third-order valence-corrected chi connectivity index (χ3v) is 5.83. The number of amides is 1. The Morgan fingerprint density at radius 1 is 1.41 bits per heavy atom. The summed E-state index contributed by atoms with van der Waals surface area (Å²) in [5.41, 5.74) is 1.39. The minimum absolute atomic E-state index is 0.209. The number of nitrogens with one attached hydrogen (secondary N) is 1. The van der Waals surface area contributed by atoms with Gasteiger partial charge in [-0.1, -0.05) is 31.5 Å². The van der Waals surface area contributed by atoms with E-state index in [2.05, 4.69) is 41.9 Å². The topological polar surface area (TPSA) is 32.3 Å². The first-order chi connectivity index (χ1) is 10.7. The van der Waals surface area contributed by atoms with Crippen LogP contribution in [0.3, 0.4) is 0 Å².